The number of aromatic nitrogens is 2. The average Bonchev–Trinajstić information content (AvgIpc) is 2.37. The Hall–Kier alpha value is -2.38. The van der Waals surface area contributed by atoms with Crippen molar-refractivity contribution in [3.8, 4) is 11.1 Å². The van der Waals surface area contributed by atoms with E-state index < -0.39 is 17.9 Å². The molecule has 2 aromatic rings. The van der Waals surface area contributed by atoms with Gasteiger partial charge in [-0.25, -0.2) is 9.37 Å². The van der Waals surface area contributed by atoms with E-state index in [-0.39, 0.29) is 22.9 Å². The smallest absolute Gasteiger partial charge is 0.383 e. The monoisotopic (exact) mass is 286 g/mol. The molecule has 106 valence electrons. The third-order valence-corrected chi connectivity index (χ3v) is 2.65. The first kappa shape index (κ1) is 14.0. The molecule has 0 spiro atoms. The molecule has 0 fully saturated rings. The number of benzene rings is 1. The maximum atomic E-state index is 13.6. The van der Waals surface area contributed by atoms with Gasteiger partial charge in [-0.2, -0.15) is 18.2 Å². The maximum absolute atomic E-state index is 13.6. The Kier molecular flexibility index (Phi) is 3.47. The lowest BCUT2D eigenvalue weighted by Crippen LogP contribution is -2.17. The summed E-state index contributed by atoms with van der Waals surface area (Å²) in [5.41, 5.74) is 10.5. The van der Waals surface area contributed by atoms with Gasteiger partial charge < -0.3 is 11.5 Å². The summed E-state index contributed by atoms with van der Waals surface area (Å²) in [7, 11) is 0. The quantitative estimate of drug-likeness (QED) is 0.832. The molecule has 2 rings (SSSR count). The van der Waals surface area contributed by atoms with Crippen molar-refractivity contribution in [2.45, 2.75) is 12.3 Å². The van der Waals surface area contributed by atoms with Gasteiger partial charge in [0, 0.05) is 17.3 Å². The molecule has 1 heterocycles. The van der Waals surface area contributed by atoms with E-state index in [0.29, 0.717) is 0 Å². The van der Waals surface area contributed by atoms with E-state index in [1.165, 1.54) is 24.4 Å². The molecule has 4 N–H and O–H groups in total. The molecule has 0 saturated carbocycles. The standard InChI is InChI=1S/C12H10F4N4/c13-9(12(14,15)16)7-4-2-1-3-6(7)8-5-19-11(18)20-10(8)17/h1-5,9H,(H4,17,18,19,20). The fourth-order valence-electron chi connectivity index (χ4n) is 1.76. The third kappa shape index (κ3) is 2.63. The highest BCUT2D eigenvalue weighted by Gasteiger charge is 2.42. The predicted octanol–water partition coefficient (Wildman–Crippen LogP) is 2.88. The molecule has 0 aliphatic heterocycles. The molecule has 0 radical (unpaired) electrons. The van der Waals surface area contributed by atoms with Gasteiger partial charge in [0.1, 0.15) is 5.82 Å². The van der Waals surface area contributed by atoms with Crippen molar-refractivity contribution in [2.75, 3.05) is 11.5 Å². The number of hydrogen-bond acceptors (Lipinski definition) is 4. The molecule has 8 heteroatoms. The van der Waals surface area contributed by atoms with Crippen molar-refractivity contribution in [1.29, 1.82) is 0 Å². The van der Waals surface area contributed by atoms with E-state index in [1.54, 1.807) is 0 Å². The molecule has 1 atom stereocenters. The number of alkyl halides is 4. The van der Waals surface area contributed by atoms with Gasteiger partial charge in [0.25, 0.3) is 0 Å². The van der Waals surface area contributed by atoms with E-state index in [1.807, 2.05) is 0 Å². The molecule has 1 unspecified atom stereocenters. The molecule has 0 aliphatic rings. The van der Waals surface area contributed by atoms with Crippen LogP contribution in [0.1, 0.15) is 11.7 Å². The first-order valence-corrected chi connectivity index (χ1v) is 5.48. The van der Waals surface area contributed by atoms with Crippen LogP contribution in [-0.4, -0.2) is 16.1 Å². The largest absolute Gasteiger partial charge is 0.423 e. The van der Waals surface area contributed by atoms with Gasteiger partial charge in [-0.1, -0.05) is 24.3 Å². The minimum atomic E-state index is -5.00. The van der Waals surface area contributed by atoms with E-state index in [4.69, 9.17) is 11.5 Å². The van der Waals surface area contributed by atoms with Gasteiger partial charge in [-0.3, -0.25) is 0 Å². The summed E-state index contributed by atoms with van der Waals surface area (Å²) in [4.78, 5) is 7.32. The molecular weight excluding hydrogens is 276 g/mol. The molecule has 20 heavy (non-hydrogen) atoms. The van der Waals surface area contributed by atoms with Crippen molar-refractivity contribution in [3.05, 3.63) is 36.0 Å². The van der Waals surface area contributed by atoms with Crippen LogP contribution in [0.3, 0.4) is 0 Å². The molecule has 0 amide bonds. The highest BCUT2D eigenvalue weighted by Crippen LogP contribution is 2.41. The topological polar surface area (TPSA) is 77.8 Å². The predicted molar refractivity (Wildman–Crippen MR) is 66.2 cm³/mol. The number of nitrogens with two attached hydrogens (primary N) is 2. The summed E-state index contributed by atoms with van der Waals surface area (Å²) in [5, 5.41) is 0. The van der Waals surface area contributed by atoms with Crippen molar-refractivity contribution >= 4 is 11.8 Å². The van der Waals surface area contributed by atoms with Crippen LogP contribution in [-0.2, 0) is 0 Å². The molecular formula is C12H10F4N4. The average molecular weight is 286 g/mol. The number of halogens is 4. The van der Waals surface area contributed by atoms with E-state index in [9.17, 15) is 17.6 Å². The number of rotatable bonds is 2. The molecule has 1 aromatic carbocycles. The lowest BCUT2D eigenvalue weighted by Gasteiger charge is -2.17. The lowest BCUT2D eigenvalue weighted by atomic mass is 9.98. The first-order chi connectivity index (χ1) is 9.30. The van der Waals surface area contributed by atoms with Gasteiger partial charge in [-0.05, 0) is 5.56 Å². The van der Waals surface area contributed by atoms with Crippen molar-refractivity contribution < 1.29 is 17.6 Å². The summed E-state index contributed by atoms with van der Waals surface area (Å²) in [5.74, 6) is -0.226. The van der Waals surface area contributed by atoms with Gasteiger partial charge in [-0.15, -0.1) is 0 Å². The Balaban J connectivity index is 2.58. The number of hydrogen-bond donors (Lipinski definition) is 2. The minimum Gasteiger partial charge on any atom is -0.383 e. The zero-order valence-corrected chi connectivity index (χ0v) is 10.0. The van der Waals surface area contributed by atoms with Gasteiger partial charge in [0.15, 0.2) is 0 Å². The number of nitrogens with zero attached hydrogens (tertiary/aromatic N) is 2. The van der Waals surface area contributed by atoms with Crippen LogP contribution >= 0.6 is 0 Å². The van der Waals surface area contributed by atoms with Crippen molar-refractivity contribution in [1.82, 2.24) is 9.97 Å². The van der Waals surface area contributed by atoms with Gasteiger partial charge in [0.2, 0.25) is 12.1 Å². The summed E-state index contributed by atoms with van der Waals surface area (Å²) in [6, 6.07) is 5.14. The van der Waals surface area contributed by atoms with Crippen LogP contribution in [0.15, 0.2) is 30.5 Å². The minimum absolute atomic E-state index is 0.0187. The summed E-state index contributed by atoms with van der Waals surface area (Å²) in [6.07, 6.45) is -6.95. The molecule has 4 nitrogen and oxygen atoms in total. The molecule has 0 aliphatic carbocycles. The Morgan fingerprint density at radius 1 is 1.05 bits per heavy atom. The van der Waals surface area contributed by atoms with Crippen LogP contribution in [0.5, 0.6) is 0 Å². The fraction of sp³-hybridized carbons (Fsp3) is 0.167. The highest BCUT2D eigenvalue weighted by atomic mass is 19.4. The summed E-state index contributed by atoms with van der Waals surface area (Å²) < 4.78 is 51.2. The van der Waals surface area contributed by atoms with E-state index in [2.05, 4.69) is 9.97 Å². The number of nitrogen functional groups attached to an aromatic ring is 2. The van der Waals surface area contributed by atoms with Crippen LogP contribution in [0, 0.1) is 0 Å². The lowest BCUT2D eigenvalue weighted by molar-refractivity contribution is -0.182. The Bertz CT molecular complexity index is 627. The van der Waals surface area contributed by atoms with Crippen LogP contribution in [0.2, 0.25) is 0 Å². The number of anilines is 2. The second kappa shape index (κ2) is 4.95. The molecule has 0 bridgehead atoms. The van der Waals surface area contributed by atoms with Gasteiger partial charge in [0.05, 0.1) is 0 Å². The Labute approximate surface area is 111 Å². The van der Waals surface area contributed by atoms with Gasteiger partial charge >= 0.3 is 6.18 Å². The molecule has 1 aromatic heterocycles. The third-order valence-electron chi connectivity index (χ3n) is 2.65. The summed E-state index contributed by atoms with van der Waals surface area (Å²) >= 11 is 0. The summed E-state index contributed by atoms with van der Waals surface area (Å²) in [6.45, 7) is 0. The fourth-order valence-corrected chi connectivity index (χ4v) is 1.76. The zero-order valence-electron chi connectivity index (χ0n) is 10.0. The maximum Gasteiger partial charge on any atom is 0.423 e. The normalized spacial score (nSPS) is 13.2. The van der Waals surface area contributed by atoms with E-state index >= 15 is 0 Å². The Morgan fingerprint density at radius 2 is 1.70 bits per heavy atom. The highest BCUT2D eigenvalue weighted by molar-refractivity contribution is 5.76. The van der Waals surface area contributed by atoms with E-state index in [0.717, 1.165) is 6.07 Å². The zero-order chi connectivity index (χ0) is 14.9. The Morgan fingerprint density at radius 3 is 2.30 bits per heavy atom. The molecule has 0 saturated heterocycles. The SMILES string of the molecule is Nc1ncc(-c2ccccc2C(F)C(F)(F)F)c(N)n1. The van der Waals surface area contributed by atoms with Crippen molar-refractivity contribution in [3.63, 3.8) is 0 Å². The second-order valence-corrected chi connectivity index (χ2v) is 4.02. The second-order valence-electron chi connectivity index (χ2n) is 4.02. The van der Waals surface area contributed by atoms with Crippen LogP contribution in [0.25, 0.3) is 11.1 Å². The van der Waals surface area contributed by atoms with Crippen LogP contribution < -0.4 is 11.5 Å². The van der Waals surface area contributed by atoms with Crippen LogP contribution in [0.4, 0.5) is 29.3 Å². The van der Waals surface area contributed by atoms with Crippen molar-refractivity contribution in [2.24, 2.45) is 0 Å². The first-order valence-electron chi connectivity index (χ1n) is 5.48.